The molecular formula is C12H12N4S. The van der Waals surface area contributed by atoms with Gasteiger partial charge in [0, 0.05) is 18.0 Å². The molecule has 17 heavy (non-hydrogen) atoms. The summed E-state index contributed by atoms with van der Waals surface area (Å²) >= 11 is 1.52. The maximum atomic E-state index is 4.16. The number of thioether (sulfide) groups is 1. The van der Waals surface area contributed by atoms with Gasteiger partial charge in [0.25, 0.3) is 0 Å². The Kier molecular flexibility index (Phi) is 4.10. The van der Waals surface area contributed by atoms with E-state index in [0.717, 1.165) is 16.4 Å². The minimum atomic E-state index is 0.762. The zero-order valence-electron chi connectivity index (χ0n) is 9.37. The average Bonchev–Trinajstić information content (AvgIpc) is 2.41. The molecule has 0 aliphatic heterocycles. The lowest BCUT2D eigenvalue weighted by atomic mass is 10.3. The smallest absolute Gasteiger partial charge is 0.187 e. The molecular weight excluding hydrogens is 232 g/mol. The predicted molar refractivity (Wildman–Crippen MR) is 71.5 cm³/mol. The highest BCUT2D eigenvalue weighted by Gasteiger charge is 1.93. The summed E-state index contributed by atoms with van der Waals surface area (Å²) in [5.41, 5.74) is 4.75. The average molecular weight is 244 g/mol. The Bertz CT molecular complexity index is 482. The van der Waals surface area contributed by atoms with Crippen molar-refractivity contribution in [3.05, 3.63) is 48.3 Å². The first kappa shape index (κ1) is 11.6. The lowest BCUT2D eigenvalue weighted by Crippen LogP contribution is -1.92. The molecule has 0 bridgehead atoms. The second-order valence-corrected chi connectivity index (χ2v) is 4.01. The monoisotopic (exact) mass is 244 g/mol. The topological polar surface area (TPSA) is 50.2 Å². The van der Waals surface area contributed by atoms with Crippen molar-refractivity contribution in [3.63, 3.8) is 0 Å². The molecule has 0 radical (unpaired) electrons. The van der Waals surface area contributed by atoms with Gasteiger partial charge in [0.2, 0.25) is 0 Å². The van der Waals surface area contributed by atoms with E-state index >= 15 is 0 Å². The summed E-state index contributed by atoms with van der Waals surface area (Å²) in [6, 6.07) is 9.77. The summed E-state index contributed by atoms with van der Waals surface area (Å²) in [6.07, 6.45) is 7.13. The lowest BCUT2D eigenvalue weighted by molar-refractivity contribution is 0.967. The standard InChI is InChI=1S/C12H12N4S/c1-17-12-13-7-10(8-14-12)9-15-16-11-5-3-2-4-6-11/h2-9,16H,1H3/b15-9-. The van der Waals surface area contributed by atoms with Crippen LogP contribution in [0.4, 0.5) is 5.69 Å². The van der Waals surface area contributed by atoms with Gasteiger partial charge in [-0.2, -0.15) is 5.10 Å². The number of benzene rings is 1. The maximum Gasteiger partial charge on any atom is 0.187 e. The van der Waals surface area contributed by atoms with Gasteiger partial charge < -0.3 is 0 Å². The van der Waals surface area contributed by atoms with E-state index in [1.807, 2.05) is 36.6 Å². The number of nitrogens with one attached hydrogen (secondary N) is 1. The number of rotatable bonds is 4. The Morgan fingerprint density at radius 2 is 1.88 bits per heavy atom. The Morgan fingerprint density at radius 1 is 1.18 bits per heavy atom. The van der Waals surface area contributed by atoms with Crippen molar-refractivity contribution in [3.8, 4) is 0 Å². The summed E-state index contributed by atoms with van der Waals surface area (Å²) in [6.45, 7) is 0. The third kappa shape index (κ3) is 3.57. The van der Waals surface area contributed by atoms with E-state index in [9.17, 15) is 0 Å². The van der Waals surface area contributed by atoms with Crippen molar-refractivity contribution >= 4 is 23.7 Å². The highest BCUT2D eigenvalue weighted by atomic mass is 32.2. The van der Waals surface area contributed by atoms with Crippen LogP contribution < -0.4 is 5.43 Å². The molecule has 0 spiro atoms. The second-order valence-electron chi connectivity index (χ2n) is 3.24. The number of anilines is 1. The van der Waals surface area contributed by atoms with E-state index in [1.165, 1.54) is 11.8 Å². The van der Waals surface area contributed by atoms with Gasteiger partial charge in [-0.05, 0) is 18.4 Å². The minimum Gasteiger partial charge on any atom is -0.279 e. The zero-order valence-corrected chi connectivity index (χ0v) is 10.2. The van der Waals surface area contributed by atoms with E-state index < -0.39 is 0 Å². The van der Waals surface area contributed by atoms with Gasteiger partial charge in [-0.1, -0.05) is 30.0 Å². The summed E-state index contributed by atoms with van der Waals surface area (Å²) in [4.78, 5) is 8.31. The number of para-hydroxylation sites is 1. The van der Waals surface area contributed by atoms with E-state index in [4.69, 9.17) is 0 Å². The fourth-order valence-corrected chi connectivity index (χ4v) is 1.51. The molecule has 2 aromatic rings. The van der Waals surface area contributed by atoms with Gasteiger partial charge >= 0.3 is 0 Å². The van der Waals surface area contributed by atoms with E-state index in [1.54, 1.807) is 18.6 Å². The van der Waals surface area contributed by atoms with Crippen molar-refractivity contribution in [1.82, 2.24) is 9.97 Å². The number of hydrazone groups is 1. The molecule has 0 amide bonds. The summed E-state index contributed by atoms with van der Waals surface area (Å²) in [5.74, 6) is 0. The van der Waals surface area contributed by atoms with E-state index in [2.05, 4.69) is 20.5 Å². The van der Waals surface area contributed by atoms with Crippen molar-refractivity contribution in [2.75, 3.05) is 11.7 Å². The number of hydrogen-bond donors (Lipinski definition) is 1. The predicted octanol–water partition coefficient (Wildman–Crippen LogP) is 2.64. The molecule has 1 N–H and O–H groups in total. The van der Waals surface area contributed by atoms with Crippen molar-refractivity contribution in [2.24, 2.45) is 5.10 Å². The zero-order chi connectivity index (χ0) is 11.9. The molecule has 0 fully saturated rings. The number of hydrogen-bond acceptors (Lipinski definition) is 5. The molecule has 86 valence electrons. The maximum absolute atomic E-state index is 4.16. The fraction of sp³-hybridized carbons (Fsp3) is 0.0833. The summed E-state index contributed by atoms with van der Waals surface area (Å²) in [7, 11) is 0. The van der Waals surface area contributed by atoms with Crippen LogP contribution >= 0.6 is 11.8 Å². The van der Waals surface area contributed by atoms with E-state index in [-0.39, 0.29) is 0 Å². The van der Waals surface area contributed by atoms with Gasteiger partial charge in [0.1, 0.15) is 0 Å². The van der Waals surface area contributed by atoms with Crippen LogP contribution in [0.2, 0.25) is 0 Å². The fourth-order valence-electron chi connectivity index (χ4n) is 1.19. The first-order valence-corrected chi connectivity index (χ1v) is 6.31. The van der Waals surface area contributed by atoms with Gasteiger partial charge in [0.15, 0.2) is 5.16 Å². The molecule has 0 aliphatic rings. The third-order valence-electron chi connectivity index (χ3n) is 2.01. The first-order valence-electron chi connectivity index (χ1n) is 5.08. The molecule has 2 rings (SSSR count). The van der Waals surface area contributed by atoms with Crippen LogP contribution in [0.15, 0.2) is 53.0 Å². The molecule has 0 saturated heterocycles. The molecule has 0 unspecified atom stereocenters. The Hall–Kier alpha value is -1.88. The quantitative estimate of drug-likeness (QED) is 0.389. The normalized spacial score (nSPS) is 10.6. The molecule has 0 aliphatic carbocycles. The van der Waals surface area contributed by atoms with Crippen LogP contribution in [-0.2, 0) is 0 Å². The minimum absolute atomic E-state index is 0.762. The second kappa shape index (κ2) is 6.00. The van der Waals surface area contributed by atoms with Crippen LogP contribution in [0, 0.1) is 0 Å². The van der Waals surface area contributed by atoms with Crippen LogP contribution in [-0.4, -0.2) is 22.4 Å². The highest BCUT2D eigenvalue weighted by Crippen LogP contribution is 2.06. The van der Waals surface area contributed by atoms with E-state index in [0.29, 0.717) is 0 Å². The summed E-state index contributed by atoms with van der Waals surface area (Å²) < 4.78 is 0. The van der Waals surface area contributed by atoms with Crippen LogP contribution in [0.25, 0.3) is 0 Å². The van der Waals surface area contributed by atoms with Crippen molar-refractivity contribution < 1.29 is 0 Å². The number of aromatic nitrogens is 2. The lowest BCUT2D eigenvalue weighted by Gasteiger charge is -1.98. The Balaban J connectivity index is 1.96. The van der Waals surface area contributed by atoms with Crippen LogP contribution in [0.5, 0.6) is 0 Å². The van der Waals surface area contributed by atoms with Gasteiger partial charge in [-0.15, -0.1) is 0 Å². The summed E-state index contributed by atoms with van der Waals surface area (Å²) in [5, 5.41) is 4.87. The van der Waals surface area contributed by atoms with Gasteiger partial charge in [-0.25, -0.2) is 9.97 Å². The third-order valence-corrected chi connectivity index (χ3v) is 2.59. The van der Waals surface area contributed by atoms with Crippen molar-refractivity contribution in [1.29, 1.82) is 0 Å². The largest absolute Gasteiger partial charge is 0.279 e. The number of nitrogens with zero attached hydrogens (tertiary/aromatic N) is 3. The Labute approximate surface area is 104 Å². The SMILES string of the molecule is CSc1ncc(/C=N\Nc2ccccc2)cn1. The molecule has 1 aromatic heterocycles. The molecule has 5 heteroatoms. The molecule has 0 atom stereocenters. The molecule has 1 aromatic carbocycles. The molecule has 4 nitrogen and oxygen atoms in total. The van der Waals surface area contributed by atoms with Gasteiger partial charge in [0.05, 0.1) is 11.9 Å². The molecule has 0 saturated carbocycles. The molecule has 1 heterocycles. The first-order chi connectivity index (χ1) is 8.38. The van der Waals surface area contributed by atoms with Crippen molar-refractivity contribution in [2.45, 2.75) is 5.16 Å². The van der Waals surface area contributed by atoms with Crippen LogP contribution in [0.1, 0.15) is 5.56 Å². The Morgan fingerprint density at radius 3 is 2.53 bits per heavy atom. The highest BCUT2D eigenvalue weighted by molar-refractivity contribution is 7.98. The van der Waals surface area contributed by atoms with Crippen LogP contribution in [0.3, 0.4) is 0 Å². The van der Waals surface area contributed by atoms with Gasteiger partial charge in [-0.3, -0.25) is 5.43 Å².